The average molecular weight is 240 g/mol. The van der Waals surface area contributed by atoms with Crippen LogP contribution in [0.5, 0.6) is 0 Å². The van der Waals surface area contributed by atoms with E-state index in [1.54, 1.807) is 0 Å². The van der Waals surface area contributed by atoms with Crippen molar-refractivity contribution in [2.24, 2.45) is 5.92 Å². The number of amides is 2. The molecule has 2 amide bonds. The Morgan fingerprint density at radius 2 is 2.06 bits per heavy atom. The molecule has 0 saturated heterocycles. The molecule has 5 heteroatoms. The third-order valence-corrected chi connectivity index (χ3v) is 2.99. The second kappa shape index (κ2) is 5.65. The maximum atomic E-state index is 11.6. The van der Waals surface area contributed by atoms with Gasteiger partial charge in [-0.3, -0.25) is 20.4 Å². The van der Waals surface area contributed by atoms with E-state index < -0.39 is 0 Å². The van der Waals surface area contributed by atoms with Gasteiger partial charge in [0, 0.05) is 6.42 Å². The van der Waals surface area contributed by atoms with Crippen LogP contribution in [0, 0.1) is 12.8 Å². The number of nitrogens with one attached hydrogen (secondary N) is 2. The van der Waals surface area contributed by atoms with E-state index in [-0.39, 0.29) is 17.7 Å². The summed E-state index contributed by atoms with van der Waals surface area (Å²) in [5.74, 6) is -0.150. The Hall–Kier alpha value is -1.36. The summed E-state index contributed by atoms with van der Waals surface area (Å²) in [5.41, 5.74) is 5.72. The predicted octanol–water partition coefficient (Wildman–Crippen LogP) is 1.86. The van der Waals surface area contributed by atoms with Crippen molar-refractivity contribution in [2.45, 2.75) is 27.2 Å². The number of carbonyl (C=O) groups is 2. The van der Waals surface area contributed by atoms with Crippen molar-refractivity contribution >= 4 is 23.2 Å². The van der Waals surface area contributed by atoms with E-state index in [2.05, 4.69) is 10.9 Å². The second-order valence-electron chi connectivity index (χ2n) is 4.03. The highest BCUT2D eigenvalue weighted by Gasteiger charge is 2.11. The molecule has 0 saturated carbocycles. The summed E-state index contributed by atoms with van der Waals surface area (Å²) in [6.07, 6.45) is 0.406. The summed E-state index contributed by atoms with van der Waals surface area (Å²) < 4.78 is 0. The van der Waals surface area contributed by atoms with Crippen molar-refractivity contribution in [3.63, 3.8) is 0 Å². The predicted molar refractivity (Wildman–Crippen MR) is 64.1 cm³/mol. The lowest BCUT2D eigenvalue weighted by Crippen LogP contribution is -2.41. The molecule has 2 N–H and O–H groups in total. The molecule has 0 aliphatic heterocycles. The third kappa shape index (κ3) is 3.66. The Labute approximate surface area is 99.0 Å². The lowest BCUT2D eigenvalue weighted by atomic mass is 10.1. The summed E-state index contributed by atoms with van der Waals surface area (Å²) in [6, 6.07) is 1.87. The van der Waals surface area contributed by atoms with Crippen molar-refractivity contribution in [2.75, 3.05) is 0 Å². The zero-order chi connectivity index (χ0) is 12.1. The molecular weight excluding hydrogens is 224 g/mol. The van der Waals surface area contributed by atoms with Gasteiger partial charge >= 0.3 is 0 Å². The molecule has 88 valence electrons. The molecule has 0 aromatic carbocycles. The molecule has 0 spiro atoms. The summed E-state index contributed by atoms with van der Waals surface area (Å²) in [6.45, 7) is 5.76. The standard InChI is InChI=1S/C11H16N2O2S/c1-7(2)6-9(14)12-13-11(15)10-8(3)4-5-16-10/h4-5,7H,6H2,1-3H3,(H,12,14)(H,13,15). The smallest absolute Gasteiger partial charge is 0.273 e. The Morgan fingerprint density at radius 1 is 1.38 bits per heavy atom. The SMILES string of the molecule is Cc1ccsc1C(=O)NNC(=O)CC(C)C. The van der Waals surface area contributed by atoms with E-state index in [1.807, 2.05) is 32.2 Å². The fourth-order valence-electron chi connectivity index (χ4n) is 1.21. The topological polar surface area (TPSA) is 58.2 Å². The van der Waals surface area contributed by atoms with E-state index in [0.717, 1.165) is 5.56 Å². The minimum absolute atomic E-state index is 0.169. The molecule has 1 rings (SSSR count). The van der Waals surface area contributed by atoms with Crippen LogP contribution in [0.4, 0.5) is 0 Å². The van der Waals surface area contributed by atoms with Gasteiger partial charge in [-0.1, -0.05) is 13.8 Å². The van der Waals surface area contributed by atoms with Crippen molar-refractivity contribution in [1.82, 2.24) is 10.9 Å². The number of rotatable bonds is 3. The zero-order valence-electron chi connectivity index (χ0n) is 9.66. The van der Waals surface area contributed by atoms with Crippen LogP contribution >= 0.6 is 11.3 Å². The van der Waals surface area contributed by atoms with E-state index >= 15 is 0 Å². The van der Waals surface area contributed by atoms with Gasteiger partial charge in [-0.25, -0.2) is 0 Å². The normalized spacial score (nSPS) is 10.2. The first-order valence-electron chi connectivity index (χ1n) is 5.14. The number of hydrogen-bond donors (Lipinski definition) is 2. The average Bonchev–Trinajstić information content (AvgIpc) is 2.60. The fraction of sp³-hybridized carbons (Fsp3) is 0.455. The summed E-state index contributed by atoms with van der Waals surface area (Å²) >= 11 is 1.36. The molecule has 16 heavy (non-hydrogen) atoms. The molecule has 0 aliphatic carbocycles. The van der Waals surface area contributed by atoms with Crippen LogP contribution < -0.4 is 10.9 Å². The van der Waals surface area contributed by atoms with Crippen LogP contribution in [-0.2, 0) is 4.79 Å². The summed E-state index contributed by atoms with van der Waals surface area (Å²) in [5, 5.41) is 1.85. The van der Waals surface area contributed by atoms with Crippen molar-refractivity contribution < 1.29 is 9.59 Å². The fourth-order valence-corrected chi connectivity index (χ4v) is 2.03. The Morgan fingerprint density at radius 3 is 2.56 bits per heavy atom. The first kappa shape index (κ1) is 12.7. The van der Waals surface area contributed by atoms with Gasteiger partial charge in [0.05, 0.1) is 4.88 Å². The van der Waals surface area contributed by atoms with Gasteiger partial charge < -0.3 is 0 Å². The minimum Gasteiger partial charge on any atom is -0.273 e. The quantitative estimate of drug-likeness (QED) is 0.792. The first-order valence-corrected chi connectivity index (χ1v) is 6.02. The van der Waals surface area contributed by atoms with Crippen LogP contribution in [-0.4, -0.2) is 11.8 Å². The molecule has 4 nitrogen and oxygen atoms in total. The molecule has 0 unspecified atom stereocenters. The lowest BCUT2D eigenvalue weighted by Gasteiger charge is -2.08. The van der Waals surface area contributed by atoms with Crippen molar-refractivity contribution in [3.8, 4) is 0 Å². The number of hydrazine groups is 1. The molecule has 0 atom stereocenters. The summed E-state index contributed by atoms with van der Waals surface area (Å²) in [4.78, 5) is 23.5. The molecule has 0 bridgehead atoms. The van der Waals surface area contributed by atoms with Gasteiger partial charge in [0.1, 0.15) is 0 Å². The maximum Gasteiger partial charge on any atom is 0.280 e. The van der Waals surface area contributed by atoms with E-state index in [0.29, 0.717) is 11.3 Å². The first-order chi connectivity index (χ1) is 7.50. The third-order valence-electron chi connectivity index (χ3n) is 1.98. The second-order valence-corrected chi connectivity index (χ2v) is 4.95. The van der Waals surface area contributed by atoms with Gasteiger partial charge in [-0.05, 0) is 29.9 Å². The van der Waals surface area contributed by atoms with Crippen molar-refractivity contribution in [1.29, 1.82) is 0 Å². The number of thiophene rings is 1. The van der Waals surface area contributed by atoms with Crippen LogP contribution in [0.1, 0.15) is 35.5 Å². The monoisotopic (exact) mass is 240 g/mol. The molecule has 1 heterocycles. The molecule has 1 aromatic rings. The van der Waals surface area contributed by atoms with E-state index in [4.69, 9.17) is 0 Å². The van der Waals surface area contributed by atoms with Gasteiger partial charge in [0.15, 0.2) is 0 Å². The van der Waals surface area contributed by atoms with Gasteiger partial charge in [0.25, 0.3) is 5.91 Å². The minimum atomic E-state index is -0.260. The van der Waals surface area contributed by atoms with Crippen LogP contribution in [0.3, 0.4) is 0 Å². The zero-order valence-corrected chi connectivity index (χ0v) is 10.5. The molecule has 1 aromatic heterocycles. The molecular formula is C11H16N2O2S. The van der Waals surface area contributed by atoms with Crippen LogP contribution in [0.25, 0.3) is 0 Å². The highest BCUT2D eigenvalue weighted by Crippen LogP contribution is 2.14. The van der Waals surface area contributed by atoms with E-state index in [9.17, 15) is 9.59 Å². The van der Waals surface area contributed by atoms with Gasteiger partial charge in [-0.15, -0.1) is 11.3 Å². The number of hydrogen-bond acceptors (Lipinski definition) is 3. The highest BCUT2D eigenvalue weighted by atomic mass is 32.1. The largest absolute Gasteiger partial charge is 0.280 e. The van der Waals surface area contributed by atoms with Crippen molar-refractivity contribution in [3.05, 3.63) is 21.9 Å². The molecule has 0 fully saturated rings. The summed E-state index contributed by atoms with van der Waals surface area (Å²) in [7, 11) is 0. The van der Waals surface area contributed by atoms with Gasteiger partial charge in [-0.2, -0.15) is 0 Å². The Bertz CT molecular complexity index is 385. The molecule has 0 aliphatic rings. The van der Waals surface area contributed by atoms with Crippen LogP contribution in [0.15, 0.2) is 11.4 Å². The highest BCUT2D eigenvalue weighted by molar-refractivity contribution is 7.12. The number of aryl methyl sites for hydroxylation is 1. The van der Waals surface area contributed by atoms with Gasteiger partial charge in [0.2, 0.25) is 5.91 Å². The maximum absolute atomic E-state index is 11.6. The molecule has 0 radical (unpaired) electrons. The lowest BCUT2D eigenvalue weighted by molar-refractivity contribution is -0.122. The van der Waals surface area contributed by atoms with E-state index in [1.165, 1.54) is 11.3 Å². The number of carbonyl (C=O) groups excluding carboxylic acids is 2. The Kier molecular flexibility index (Phi) is 4.49. The Balaban J connectivity index is 2.42. The van der Waals surface area contributed by atoms with Crippen LogP contribution in [0.2, 0.25) is 0 Å².